The molecule has 2 N–H and O–H groups in total. The molecule has 7 nitrogen and oxygen atoms in total. The summed E-state index contributed by atoms with van der Waals surface area (Å²) in [4.78, 5) is 23.3. The number of carbonyl (C=O) groups is 2. The van der Waals surface area contributed by atoms with E-state index in [4.69, 9.17) is 27.9 Å². The molecule has 0 bridgehead atoms. The van der Waals surface area contributed by atoms with Crippen LogP contribution in [0.25, 0.3) is 0 Å². The summed E-state index contributed by atoms with van der Waals surface area (Å²) < 4.78 is 31.5. The van der Waals surface area contributed by atoms with Crippen LogP contribution in [0.3, 0.4) is 0 Å². The van der Waals surface area contributed by atoms with Crippen molar-refractivity contribution in [3.63, 3.8) is 0 Å². The van der Waals surface area contributed by atoms with Gasteiger partial charge in [-0.15, -0.1) is 0 Å². The molecular weight excluding hydrogens is 391 g/mol. The van der Waals surface area contributed by atoms with Crippen molar-refractivity contribution in [1.82, 2.24) is 4.72 Å². The van der Waals surface area contributed by atoms with E-state index in [0.29, 0.717) is 10.8 Å². The largest absolute Gasteiger partial charge is 0.485 e. The Morgan fingerprint density at radius 3 is 2.56 bits per heavy atom. The van der Waals surface area contributed by atoms with E-state index in [0.717, 1.165) is 0 Å². The summed E-state index contributed by atoms with van der Waals surface area (Å²) in [6, 6.07) is 7.09. The predicted molar refractivity (Wildman–Crippen MR) is 92.1 cm³/mol. The van der Waals surface area contributed by atoms with Crippen molar-refractivity contribution < 1.29 is 22.7 Å². The first-order valence-electron chi connectivity index (χ1n) is 6.85. The molecule has 0 aliphatic carbocycles. The Hall–Kier alpha value is -2.29. The van der Waals surface area contributed by atoms with Crippen molar-refractivity contribution in [2.24, 2.45) is 0 Å². The molecule has 2 aromatic rings. The van der Waals surface area contributed by atoms with Crippen LogP contribution in [-0.4, -0.2) is 26.8 Å². The van der Waals surface area contributed by atoms with Crippen molar-refractivity contribution in [2.75, 3.05) is 11.9 Å². The molecule has 1 heterocycles. The van der Waals surface area contributed by atoms with Crippen molar-refractivity contribution in [3.05, 3.63) is 52.0 Å². The molecule has 0 spiro atoms. The summed E-state index contributed by atoms with van der Waals surface area (Å²) in [5, 5.41) is 2.84. The van der Waals surface area contributed by atoms with E-state index in [1.165, 1.54) is 36.4 Å². The normalized spacial score (nSPS) is 13.1. The molecule has 0 radical (unpaired) electrons. The fraction of sp³-hybridized carbons (Fsp3) is 0.0667. The minimum atomic E-state index is -4.17. The van der Waals surface area contributed by atoms with E-state index in [-0.39, 0.29) is 33.6 Å². The Labute approximate surface area is 152 Å². The maximum Gasteiger partial charge on any atom is 0.333 e. The molecule has 0 unspecified atom stereocenters. The van der Waals surface area contributed by atoms with E-state index in [9.17, 15) is 18.0 Å². The molecule has 130 valence electrons. The van der Waals surface area contributed by atoms with Gasteiger partial charge in [-0.05, 0) is 36.4 Å². The number of fused-ring (bicyclic) bond motifs is 1. The summed E-state index contributed by atoms with van der Waals surface area (Å²) in [5.41, 5.74) is 0.424. The summed E-state index contributed by atoms with van der Waals surface area (Å²) in [5.74, 6) is -0.0171. The third-order valence-electron chi connectivity index (χ3n) is 3.33. The third kappa shape index (κ3) is 3.71. The number of hydrogen-bond acceptors (Lipinski definition) is 5. The van der Waals surface area contributed by atoms with Gasteiger partial charge in [-0.2, -0.15) is 0 Å². The molecular formula is C15H10Cl2N2O5S. The number of urea groups is 1. The molecule has 0 saturated carbocycles. The highest BCUT2D eigenvalue weighted by Crippen LogP contribution is 2.28. The predicted octanol–water partition coefficient (Wildman–Crippen LogP) is 3.08. The second-order valence-electron chi connectivity index (χ2n) is 5.06. The van der Waals surface area contributed by atoms with Crippen molar-refractivity contribution in [3.8, 4) is 5.75 Å². The SMILES string of the molecule is O=C(Nc1ccc(Cl)c(Cl)c1)NS(=O)(=O)c1ccc2c(c1)C(=O)CO2. The average Bonchev–Trinajstić information content (AvgIpc) is 2.91. The van der Waals surface area contributed by atoms with E-state index < -0.39 is 16.1 Å². The van der Waals surface area contributed by atoms with Crippen molar-refractivity contribution >= 4 is 50.7 Å². The number of rotatable bonds is 3. The van der Waals surface area contributed by atoms with Gasteiger partial charge in [0.05, 0.1) is 20.5 Å². The van der Waals surface area contributed by atoms with Gasteiger partial charge in [-0.3, -0.25) is 4.79 Å². The minimum absolute atomic E-state index is 0.135. The average molecular weight is 401 g/mol. The number of anilines is 1. The zero-order valence-corrected chi connectivity index (χ0v) is 14.7. The minimum Gasteiger partial charge on any atom is -0.485 e. The van der Waals surface area contributed by atoms with Gasteiger partial charge in [-0.1, -0.05) is 23.2 Å². The summed E-state index contributed by atoms with van der Waals surface area (Å²) in [6.45, 7) is -0.135. The number of sulfonamides is 1. The monoisotopic (exact) mass is 400 g/mol. The van der Waals surface area contributed by atoms with Crippen LogP contribution < -0.4 is 14.8 Å². The van der Waals surface area contributed by atoms with E-state index >= 15 is 0 Å². The lowest BCUT2D eigenvalue weighted by Crippen LogP contribution is -2.34. The molecule has 2 amide bonds. The van der Waals surface area contributed by atoms with Gasteiger partial charge >= 0.3 is 6.03 Å². The van der Waals surface area contributed by atoms with Gasteiger partial charge in [0, 0.05) is 5.69 Å². The second kappa shape index (κ2) is 6.55. The Bertz CT molecular complexity index is 991. The summed E-state index contributed by atoms with van der Waals surface area (Å²) in [6.07, 6.45) is 0. The molecule has 10 heteroatoms. The van der Waals surface area contributed by atoms with Crippen LogP contribution in [0.15, 0.2) is 41.3 Å². The van der Waals surface area contributed by atoms with Gasteiger partial charge in [-0.25, -0.2) is 17.9 Å². The molecule has 1 aliphatic rings. The molecule has 0 saturated heterocycles. The fourth-order valence-corrected chi connectivity index (χ4v) is 3.38. The van der Waals surface area contributed by atoms with Gasteiger partial charge in [0.25, 0.3) is 10.0 Å². The lowest BCUT2D eigenvalue weighted by molar-refractivity contribution is 0.0961. The van der Waals surface area contributed by atoms with Crippen LogP contribution in [0.1, 0.15) is 10.4 Å². The van der Waals surface area contributed by atoms with Crippen molar-refractivity contribution in [1.29, 1.82) is 0 Å². The van der Waals surface area contributed by atoms with E-state index in [1.54, 1.807) is 0 Å². The first kappa shape index (κ1) is 17.5. The number of amides is 2. The Balaban J connectivity index is 1.77. The van der Waals surface area contributed by atoms with E-state index in [1.807, 2.05) is 4.72 Å². The maximum absolute atomic E-state index is 12.3. The number of ketones is 1. The number of halogens is 2. The first-order valence-corrected chi connectivity index (χ1v) is 9.09. The molecule has 1 aliphatic heterocycles. The summed E-state index contributed by atoms with van der Waals surface area (Å²) in [7, 11) is -4.17. The fourth-order valence-electron chi connectivity index (χ4n) is 2.15. The lowest BCUT2D eigenvalue weighted by atomic mass is 10.1. The van der Waals surface area contributed by atoms with Crippen LogP contribution in [0.5, 0.6) is 5.75 Å². The first-order chi connectivity index (χ1) is 11.8. The highest BCUT2D eigenvalue weighted by molar-refractivity contribution is 7.90. The molecule has 0 atom stereocenters. The number of ether oxygens (including phenoxy) is 1. The highest BCUT2D eigenvalue weighted by atomic mass is 35.5. The molecule has 25 heavy (non-hydrogen) atoms. The molecule has 2 aromatic carbocycles. The number of carbonyl (C=O) groups excluding carboxylic acids is 2. The molecule has 0 fully saturated rings. The van der Waals surface area contributed by atoms with Gasteiger partial charge in [0.2, 0.25) is 5.78 Å². The Morgan fingerprint density at radius 2 is 1.84 bits per heavy atom. The second-order valence-corrected chi connectivity index (χ2v) is 7.56. The zero-order valence-electron chi connectivity index (χ0n) is 12.4. The van der Waals surface area contributed by atoms with Gasteiger partial charge < -0.3 is 10.1 Å². The van der Waals surface area contributed by atoms with Crippen LogP contribution in [0, 0.1) is 0 Å². The smallest absolute Gasteiger partial charge is 0.333 e. The number of hydrogen-bond donors (Lipinski definition) is 2. The quantitative estimate of drug-likeness (QED) is 0.823. The molecule has 0 aromatic heterocycles. The number of Topliss-reactive ketones (excluding diaryl/α,β-unsaturated/α-hetero) is 1. The zero-order chi connectivity index (χ0) is 18.2. The van der Waals surface area contributed by atoms with Crippen LogP contribution >= 0.6 is 23.2 Å². The Kier molecular flexibility index (Phi) is 4.59. The lowest BCUT2D eigenvalue weighted by Gasteiger charge is -2.10. The van der Waals surface area contributed by atoms with Crippen LogP contribution in [-0.2, 0) is 10.0 Å². The van der Waals surface area contributed by atoms with Gasteiger partial charge in [0.15, 0.2) is 6.61 Å². The topological polar surface area (TPSA) is 102 Å². The highest BCUT2D eigenvalue weighted by Gasteiger charge is 2.25. The number of benzene rings is 2. The van der Waals surface area contributed by atoms with Gasteiger partial charge in [0.1, 0.15) is 5.75 Å². The van der Waals surface area contributed by atoms with Crippen LogP contribution in [0.4, 0.5) is 10.5 Å². The maximum atomic E-state index is 12.3. The molecule has 3 rings (SSSR count). The van der Waals surface area contributed by atoms with Crippen LogP contribution in [0.2, 0.25) is 10.0 Å². The number of nitrogens with one attached hydrogen (secondary N) is 2. The van der Waals surface area contributed by atoms with E-state index in [2.05, 4.69) is 5.32 Å². The summed E-state index contributed by atoms with van der Waals surface area (Å²) >= 11 is 11.6. The standard InChI is InChI=1S/C15H10Cl2N2O5S/c16-11-3-1-8(5-12(11)17)18-15(21)19-25(22,23)9-2-4-14-10(6-9)13(20)7-24-14/h1-6H,7H2,(H2,18,19,21). The third-order valence-corrected chi connectivity index (χ3v) is 5.39. The van der Waals surface area contributed by atoms with Crippen molar-refractivity contribution in [2.45, 2.75) is 4.90 Å². The Morgan fingerprint density at radius 1 is 1.08 bits per heavy atom.